The molecule has 1 amide bonds. The Balaban J connectivity index is 1.33. The minimum Gasteiger partial charge on any atom is -0.497 e. The van der Waals surface area contributed by atoms with Gasteiger partial charge in [-0.25, -0.2) is 0 Å². The highest BCUT2D eigenvalue weighted by Crippen LogP contribution is 2.22. The van der Waals surface area contributed by atoms with Crippen molar-refractivity contribution in [3.05, 3.63) is 82.8 Å². The van der Waals surface area contributed by atoms with Gasteiger partial charge in [-0.1, -0.05) is 18.2 Å². The maximum Gasteiger partial charge on any atom is 0.271 e. The zero-order valence-corrected chi connectivity index (χ0v) is 18.4. The van der Waals surface area contributed by atoms with Crippen LogP contribution >= 0.6 is 0 Å². The van der Waals surface area contributed by atoms with Gasteiger partial charge >= 0.3 is 0 Å². The summed E-state index contributed by atoms with van der Waals surface area (Å²) in [6, 6.07) is 20.3. The van der Waals surface area contributed by atoms with Crippen molar-refractivity contribution in [3.8, 4) is 11.4 Å². The Morgan fingerprint density at radius 1 is 0.970 bits per heavy atom. The van der Waals surface area contributed by atoms with Gasteiger partial charge in [-0.05, 0) is 42.8 Å². The molecule has 5 rings (SSSR count). The van der Waals surface area contributed by atoms with Crippen molar-refractivity contribution in [1.29, 1.82) is 0 Å². The number of aromatic amines is 1. The monoisotopic (exact) mass is 443 g/mol. The van der Waals surface area contributed by atoms with Crippen LogP contribution in [0.3, 0.4) is 0 Å². The van der Waals surface area contributed by atoms with E-state index in [9.17, 15) is 9.59 Å². The number of H-pyrrole nitrogens is 1. The number of fused-ring (bicyclic) bond motifs is 1. The smallest absolute Gasteiger partial charge is 0.271 e. The zero-order valence-electron chi connectivity index (χ0n) is 18.4. The highest BCUT2D eigenvalue weighted by Gasteiger charge is 2.23. The molecular formula is C25H25N5O3. The number of carbonyl (C=O) groups is 1. The molecule has 1 aliphatic heterocycles. The van der Waals surface area contributed by atoms with Crippen LogP contribution < -0.4 is 15.2 Å². The van der Waals surface area contributed by atoms with Crippen LogP contribution in [0, 0.1) is 0 Å². The minimum absolute atomic E-state index is 0.0192. The third kappa shape index (κ3) is 4.19. The van der Waals surface area contributed by atoms with Gasteiger partial charge in [0.25, 0.3) is 11.5 Å². The molecule has 3 heterocycles. The molecule has 8 nitrogen and oxygen atoms in total. The van der Waals surface area contributed by atoms with Crippen LogP contribution in [0.5, 0.6) is 5.75 Å². The quantitative estimate of drug-likeness (QED) is 0.524. The molecule has 1 saturated heterocycles. The Kier molecular flexibility index (Phi) is 5.56. The summed E-state index contributed by atoms with van der Waals surface area (Å²) < 4.78 is 6.69. The summed E-state index contributed by atoms with van der Waals surface area (Å²) in [6.45, 7) is 2.63. The predicted octanol–water partition coefficient (Wildman–Crippen LogP) is 3.07. The number of nitrogens with zero attached hydrogens (tertiary/aromatic N) is 4. The van der Waals surface area contributed by atoms with E-state index in [-0.39, 0.29) is 11.5 Å². The average Bonchev–Trinajstić information content (AvgIpc) is 3.13. The summed E-state index contributed by atoms with van der Waals surface area (Å²) in [6.07, 6.45) is 0.811. The molecule has 33 heavy (non-hydrogen) atoms. The van der Waals surface area contributed by atoms with Crippen molar-refractivity contribution < 1.29 is 9.53 Å². The molecule has 1 fully saturated rings. The number of ether oxygens (including phenoxy) is 1. The van der Waals surface area contributed by atoms with Crippen LogP contribution in [-0.4, -0.2) is 58.9 Å². The van der Waals surface area contributed by atoms with Gasteiger partial charge in [0.1, 0.15) is 17.3 Å². The summed E-state index contributed by atoms with van der Waals surface area (Å²) in [5.74, 6) is 1.46. The third-order valence-electron chi connectivity index (χ3n) is 5.95. The number of methoxy groups -OCH3 is 1. The number of hydrogen-bond acceptors (Lipinski definition) is 5. The lowest BCUT2D eigenvalue weighted by atomic mass is 10.2. The van der Waals surface area contributed by atoms with Crippen LogP contribution in [0.4, 0.5) is 5.82 Å². The molecule has 4 aromatic rings. The predicted molar refractivity (Wildman–Crippen MR) is 127 cm³/mol. The SMILES string of the molecule is COc1ccc2cc(C(=O)N3CCCN(c4ccc(=O)n(-c5ccccc5)n4)CC3)[nH]c2c1. The zero-order chi connectivity index (χ0) is 22.8. The third-order valence-corrected chi connectivity index (χ3v) is 5.95. The topological polar surface area (TPSA) is 83.5 Å². The summed E-state index contributed by atoms with van der Waals surface area (Å²) in [5.41, 5.74) is 2.00. The molecule has 0 radical (unpaired) electrons. The maximum absolute atomic E-state index is 13.2. The van der Waals surface area contributed by atoms with E-state index in [1.54, 1.807) is 19.2 Å². The Hall–Kier alpha value is -4.07. The molecule has 168 valence electrons. The minimum atomic E-state index is -0.174. The largest absolute Gasteiger partial charge is 0.497 e. The van der Waals surface area contributed by atoms with E-state index in [4.69, 9.17) is 4.74 Å². The van der Waals surface area contributed by atoms with Crippen LogP contribution in [0.15, 0.2) is 71.5 Å². The first-order chi connectivity index (χ1) is 16.1. The fraction of sp³-hybridized carbons (Fsp3) is 0.240. The molecule has 0 aliphatic carbocycles. The molecule has 1 N–H and O–H groups in total. The number of para-hydroxylation sites is 1. The fourth-order valence-electron chi connectivity index (χ4n) is 4.19. The second kappa shape index (κ2) is 8.82. The van der Waals surface area contributed by atoms with Gasteiger partial charge in [0.2, 0.25) is 0 Å². The number of hydrogen-bond donors (Lipinski definition) is 1. The highest BCUT2D eigenvalue weighted by atomic mass is 16.5. The van der Waals surface area contributed by atoms with E-state index in [0.717, 1.165) is 41.1 Å². The van der Waals surface area contributed by atoms with Gasteiger partial charge in [-0.2, -0.15) is 4.68 Å². The molecule has 2 aromatic heterocycles. The number of anilines is 1. The molecule has 0 unspecified atom stereocenters. The number of nitrogens with one attached hydrogen (secondary N) is 1. The number of amides is 1. The van der Waals surface area contributed by atoms with Crippen LogP contribution in [0.25, 0.3) is 16.6 Å². The van der Waals surface area contributed by atoms with Gasteiger partial charge < -0.3 is 19.5 Å². The van der Waals surface area contributed by atoms with E-state index < -0.39 is 0 Å². The van der Waals surface area contributed by atoms with Gasteiger partial charge in [0, 0.05) is 49.2 Å². The second-order valence-corrected chi connectivity index (χ2v) is 8.05. The molecule has 0 atom stereocenters. The molecule has 0 spiro atoms. The summed E-state index contributed by atoms with van der Waals surface area (Å²) >= 11 is 0. The molecule has 8 heteroatoms. The lowest BCUT2D eigenvalue weighted by Crippen LogP contribution is -2.36. The first-order valence-corrected chi connectivity index (χ1v) is 11.0. The fourth-order valence-corrected chi connectivity index (χ4v) is 4.19. The van der Waals surface area contributed by atoms with Crippen LogP contribution in [0.1, 0.15) is 16.9 Å². The summed E-state index contributed by atoms with van der Waals surface area (Å²) in [4.78, 5) is 32.8. The first kappa shape index (κ1) is 20.8. The van der Waals surface area contributed by atoms with Crippen molar-refractivity contribution in [1.82, 2.24) is 19.7 Å². The highest BCUT2D eigenvalue weighted by molar-refractivity contribution is 5.98. The van der Waals surface area contributed by atoms with E-state index in [2.05, 4.69) is 15.0 Å². The van der Waals surface area contributed by atoms with Crippen molar-refractivity contribution in [3.63, 3.8) is 0 Å². The molecule has 2 aromatic carbocycles. The molecular weight excluding hydrogens is 418 g/mol. The van der Waals surface area contributed by atoms with Gasteiger partial charge in [-0.3, -0.25) is 9.59 Å². The average molecular weight is 444 g/mol. The maximum atomic E-state index is 13.2. The Morgan fingerprint density at radius 2 is 1.82 bits per heavy atom. The van der Waals surface area contributed by atoms with Crippen molar-refractivity contribution in [2.45, 2.75) is 6.42 Å². The van der Waals surface area contributed by atoms with E-state index >= 15 is 0 Å². The molecule has 0 bridgehead atoms. The second-order valence-electron chi connectivity index (χ2n) is 8.05. The number of benzene rings is 2. The number of rotatable bonds is 4. The van der Waals surface area contributed by atoms with Crippen molar-refractivity contribution in [2.75, 3.05) is 38.2 Å². The van der Waals surface area contributed by atoms with E-state index in [1.165, 1.54) is 4.68 Å². The Bertz CT molecular complexity index is 1350. The van der Waals surface area contributed by atoms with Crippen molar-refractivity contribution in [2.24, 2.45) is 0 Å². The summed E-state index contributed by atoms with van der Waals surface area (Å²) in [5, 5.41) is 5.56. The van der Waals surface area contributed by atoms with Crippen LogP contribution in [-0.2, 0) is 0 Å². The molecule has 1 aliphatic rings. The van der Waals surface area contributed by atoms with Gasteiger partial charge in [0.05, 0.1) is 12.8 Å². The summed E-state index contributed by atoms with van der Waals surface area (Å²) in [7, 11) is 1.62. The Morgan fingerprint density at radius 3 is 2.64 bits per heavy atom. The van der Waals surface area contributed by atoms with Gasteiger partial charge in [-0.15, -0.1) is 5.10 Å². The van der Waals surface area contributed by atoms with Gasteiger partial charge in [0.15, 0.2) is 0 Å². The number of carbonyl (C=O) groups excluding carboxylic acids is 1. The molecule has 0 saturated carbocycles. The lowest BCUT2D eigenvalue weighted by Gasteiger charge is -2.23. The first-order valence-electron chi connectivity index (χ1n) is 11.0. The normalized spacial score (nSPS) is 14.3. The van der Waals surface area contributed by atoms with Crippen LogP contribution in [0.2, 0.25) is 0 Å². The van der Waals surface area contributed by atoms with E-state index in [0.29, 0.717) is 25.3 Å². The van der Waals surface area contributed by atoms with E-state index in [1.807, 2.05) is 59.5 Å². The Labute approximate surface area is 191 Å². The standard InChI is InChI=1S/C25H25N5O3/c1-33-20-9-8-18-16-22(26-21(18)17-20)25(32)29-13-5-12-28(14-15-29)23-10-11-24(31)30(27-23)19-6-3-2-4-7-19/h2-4,6-11,16-17,26H,5,12-15H2,1H3. The lowest BCUT2D eigenvalue weighted by molar-refractivity contribution is 0.0762. The van der Waals surface area contributed by atoms with Crippen molar-refractivity contribution >= 4 is 22.6 Å². The number of aromatic nitrogens is 3.